The summed E-state index contributed by atoms with van der Waals surface area (Å²) in [5, 5.41) is 3.56. The number of ether oxygens (including phenoxy) is 1. The molecule has 1 aromatic rings. The highest BCUT2D eigenvalue weighted by molar-refractivity contribution is 9.10. The molecule has 2 fully saturated rings. The Morgan fingerprint density at radius 3 is 2.86 bits per heavy atom. The SMILES string of the molecule is CN(Cc1ccc(CNC2CC2)cc1Br)CC1CCCO1. The number of hydrogen-bond acceptors (Lipinski definition) is 3. The minimum absolute atomic E-state index is 0.427. The van der Waals surface area contributed by atoms with Crippen LogP contribution in [0.1, 0.15) is 36.8 Å². The maximum absolute atomic E-state index is 5.71. The number of nitrogens with one attached hydrogen (secondary N) is 1. The van der Waals surface area contributed by atoms with E-state index in [9.17, 15) is 0 Å². The van der Waals surface area contributed by atoms with Crippen LogP contribution in [0.4, 0.5) is 0 Å². The third kappa shape index (κ3) is 4.78. The van der Waals surface area contributed by atoms with Crippen LogP contribution in [-0.2, 0) is 17.8 Å². The molecule has 1 aromatic carbocycles. The van der Waals surface area contributed by atoms with Crippen molar-refractivity contribution in [3.8, 4) is 0 Å². The molecule has 4 heteroatoms. The number of halogens is 1. The highest BCUT2D eigenvalue weighted by Crippen LogP contribution is 2.23. The summed E-state index contributed by atoms with van der Waals surface area (Å²) in [4.78, 5) is 2.36. The lowest BCUT2D eigenvalue weighted by Gasteiger charge is -2.21. The second-order valence-corrected chi connectivity index (χ2v) is 7.27. The molecule has 1 unspecified atom stereocenters. The van der Waals surface area contributed by atoms with Gasteiger partial charge in [-0.1, -0.05) is 28.1 Å². The molecule has 21 heavy (non-hydrogen) atoms. The minimum atomic E-state index is 0.427. The molecule has 0 spiro atoms. The number of nitrogens with zero attached hydrogens (tertiary/aromatic N) is 1. The molecule has 1 atom stereocenters. The van der Waals surface area contributed by atoms with Gasteiger partial charge in [-0.25, -0.2) is 0 Å². The van der Waals surface area contributed by atoms with Gasteiger partial charge in [0.25, 0.3) is 0 Å². The summed E-state index contributed by atoms with van der Waals surface area (Å²) in [5.41, 5.74) is 2.71. The Morgan fingerprint density at radius 2 is 2.19 bits per heavy atom. The van der Waals surface area contributed by atoms with Crippen LogP contribution in [0.25, 0.3) is 0 Å². The van der Waals surface area contributed by atoms with Crippen molar-refractivity contribution in [1.29, 1.82) is 0 Å². The van der Waals surface area contributed by atoms with Crippen molar-refractivity contribution in [2.75, 3.05) is 20.2 Å². The fraction of sp³-hybridized carbons (Fsp3) is 0.647. The first kappa shape index (κ1) is 15.5. The van der Waals surface area contributed by atoms with Crippen molar-refractivity contribution in [2.45, 2.75) is 50.9 Å². The molecule has 1 heterocycles. The molecule has 0 radical (unpaired) electrons. The van der Waals surface area contributed by atoms with E-state index in [-0.39, 0.29) is 0 Å². The van der Waals surface area contributed by atoms with Crippen LogP contribution in [0.5, 0.6) is 0 Å². The Balaban J connectivity index is 1.51. The molecular formula is C17H25BrN2O. The molecule has 2 aliphatic rings. The van der Waals surface area contributed by atoms with Gasteiger partial charge < -0.3 is 10.1 Å². The second-order valence-electron chi connectivity index (χ2n) is 6.41. The standard InChI is InChI=1S/C17H25BrN2O/c1-20(12-16-3-2-8-21-16)11-14-5-4-13(9-17(14)18)10-19-15-6-7-15/h4-5,9,15-16,19H,2-3,6-8,10-12H2,1H3. The molecular weight excluding hydrogens is 328 g/mol. The average Bonchev–Trinajstić information content (AvgIpc) is 3.16. The maximum atomic E-state index is 5.71. The van der Waals surface area contributed by atoms with Gasteiger partial charge in [0.2, 0.25) is 0 Å². The van der Waals surface area contributed by atoms with Gasteiger partial charge in [0.15, 0.2) is 0 Å². The first-order chi connectivity index (χ1) is 10.2. The normalized spacial score (nSPS) is 22.1. The van der Waals surface area contributed by atoms with Gasteiger partial charge in [0, 0.05) is 36.8 Å². The van der Waals surface area contributed by atoms with Crippen molar-refractivity contribution >= 4 is 15.9 Å². The Labute approximate surface area is 136 Å². The lowest BCUT2D eigenvalue weighted by Crippen LogP contribution is -2.28. The lowest BCUT2D eigenvalue weighted by atomic mass is 10.1. The third-order valence-electron chi connectivity index (χ3n) is 4.27. The van der Waals surface area contributed by atoms with Crippen molar-refractivity contribution < 1.29 is 4.74 Å². The molecule has 3 rings (SSSR count). The number of benzene rings is 1. The van der Waals surface area contributed by atoms with E-state index < -0.39 is 0 Å². The van der Waals surface area contributed by atoms with Crippen molar-refractivity contribution in [3.63, 3.8) is 0 Å². The zero-order chi connectivity index (χ0) is 14.7. The van der Waals surface area contributed by atoms with Crippen molar-refractivity contribution in [1.82, 2.24) is 10.2 Å². The zero-order valence-corrected chi connectivity index (χ0v) is 14.4. The molecule has 116 valence electrons. The van der Waals surface area contributed by atoms with Crippen molar-refractivity contribution in [3.05, 3.63) is 33.8 Å². The Morgan fingerprint density at radius 1 is 1.33 bits per heavy atom. The van der Waals surface area contributed by atoms with E-state index in [0.717, 1.165) is 32.3 Å². The van der Waals surface area contributed by atoms with Crippen LogP contribution >= 0.6 is 15.9 Å². The van der Waals surface area contributed by atoms with E-state index in [1.165, 1.54) is 41.3 Å². The van der Waals surface area contributed by atoms with Gasteiger partial charge in [0.05, 0.1) is 6.10 Å². The average molecular weight is 353 g/mol. The fourth-order valence-corrected chi connectivity index (χ4v) is 3.42. The van der Waals surface area contributed by atoms with Crippen LogP contribution in [0, 0.1) is 0 Å². The topological polar surface area (TPSA) is 24.5 Å². The van der Waals surface area contributed by atoms with Crippen LogP contribution in [0.2, 0.25) is 0 Å². The molecule has 1 saturated carbocycles. The fourth-order valence-electron chi connectivity index (χ4n) is 2.87. The predicted octanol–water partition coefficient (Wildman–Crippen LogP) is 3.31. The largest absolute Gasteiger partial charge is 0.377 e. The van der Waals surface area contributed by atoms with Crippen molar-refractivity contribution in [2.24, 2.45) is 0 Å². The first-order valence-electron chi connectivity index (χ1n) is 8.01. The maximum Gasteiger partial charge on any atom is 0.0702 e. The van der Waals surface area contributed by atoms with Crippen LogP contribution in [0.15, 0.2) is 22.7 Å². The molecule has 1 saturated heterocycles. The summed E-state index contributed by atoms with van der Waals surface area (Å²) in [6.45, 7) is 3.91. The van der Waals surface area contributed by atoms with E-state index >= 15 is 0 Å². The van der Waals surface area contributed by atoms with Gasteiger partial charge >= 0.3 is 0 Å². The number of likely N-dealkylation sites (N-methyl/N-ethyl adjacent to an activating group) is 1. The molecule has 1 aliphatic carbocycles. The van der Waals surface area contributed by atoms with E-state index in [0.29, 0.717) is 6.10 Å². The highest BCUT2D eigenvalue weighted by Gasteiger charge is 2.20. The minimum Gasteiger partial charge on any atom is -0.377 e. The van der Waals surface area contributed by atoms with Crippen LogP contribution in [0.3, 0.4) is 0 Å². The van der Waals surface area contributed by atoms with Gasteiger partial charge in [0.1, 0.15) is 0 Å². The third-order valence-corrected chi connectivity index (χ3v) is 5.01. The zero-order valence-electron chi connectivity index (χ0n) is 12.8. The van der Waals surface area contributed by atoms with Gasteiger partial charge in [-0.05, 0) is 49.9 Å². The quantitative estimate of drug-likeness (QED) is 0.814. The predicted molar refractivity (Wildman–Crippen MR) is 89.3 cm³/mol. The number of rotatable bonds is 7. The molecule has 1 aliphatic heterocycles. The summed E-state index contributed by atoms with van der Waals surface area (Å²) < 4.78 is 6.93. The molecule has 0 amide bonds. The Bertz CT molecular complexity index is 470. The number of hydrogen-bond donors (Lipinski definition) is 1. The molecule has 0 bridgehead atoms. The summed E-state index contributed by atoms with van der Waals surface area (Å²) in [6.07, 6.45) is 5.53. The highest BCUT2D eigenvalue weighted by atomic mass is 79.9. The molecule has 0 aromatic heterocycles. The first-order valence-corrected chi connectivity index (χ1v) is 8.81. The molecule has 3 nitrogen and oxygen atoms in total. The summed E-state index contributed by atoms with van der Waals surface area (Å²) in [6, 6.07) is 7.51. The van der Waals surface area contributed by atoms with Crippen LogP contribution < -0.4 is 5.32 Å². The van der Waals surface area contributed by atoms with E-state index in [1.54, 1.807) is 0 Å². The van der Waals surface area contributed by atoms with E-state index in [2.05, 4.69) is 51.4 Å². The monoisotopic (exact) mass is 352 g/mol. The summed E-state index contributed by atoms with van der Waals surface area (Å²) >= 11 is 3.73. The summed E-state index contributed by atoms with van der Waals surface area (Å²) in [7, 11) is 2.18. The van der Waals surface area contributed by atoms with E-state index in [4.69, 9.17) is 4.74 Å². The smallest absolute Gasteiger partial charge is 0.0702 e. The van der Waals surface area contributed by atoms with Gasteiger partial charge in [-0.2, -0.15) is 0 Å². The second kappa shape index (κ2) is 7.23. The van der Waals surface area contributed by atoms with Crippen LogP contribution in [-0.4, -0.2) is 37.2 Å². The Kier molecular flexibility index (Phi) is 5.33. The summed E-state index contributed by atoms with van der Waals surface area (Å²) in [5.74, 6) is 0. The van der Waals surface area contributed by atoms with Gasteiger partial charge in [-0.3, -0.25) is 4.90 Å². The molecule has 1 N–H and O–H groups in total. The van der Waals surface area contributed by atoms with Gasteiger partial charge in [-0.15, -0.1) is 0 Å². The Hall–Kier alpha value is -0.420. The lowest BCUT2D eigenvalue weighted by molar-refractivity contribution is 0.0792. The van der Waals surface area contributed by atoms with E-state index in [1.807, 2.05) is 0 Å².